The predicted molar refractivity (Wildman–Crippen MR) is 77.8 cm³/mol. The summed E-state index contributed by atoms with van der Waals surface area (Å²) in [4.78, 5) is 24.3. The maximum atomic E-state index is 11.7. The molecule has 0 bridgehead atoms. The van der Waals surface area contributed by atoms with E-state index in [2.05, 4.69) is 5.32 Å². The minimum absolute atomic E-state index is 0.0613. The molecule has 0 spiro atoms. The first kappa shape index (κ1) is 15.8. The van der Waals surface area contributed by atoms with Crippen LogP contribution in [0, 0.1) is 0 Å². The molecule has 0 aliphatic carbocycles. The van der Waals surface area contributed by atoms with Crippen LogP contribution < -0.4 is 10.2 Å². The SMILES string of the molecule is CCC(=O)NCCN(C(C)=O)c1c(Cl)cccc1Cl. The number of halogens is 2. The number of nitrogens with one attached hydrogen (secondary N) is 1. The van der Waals surface area contributed by atoms with Gasteiger partial charge < -0.3 is 10.2 Å². The number of benzene rings is 1. The van der Waals surface area contributed by atoms with Crippen molar-refractivity contribution in [2.45, 2.75) is 20.3 Å². The Balaban J connectivity index is 2.84. The zero-order chi connectivity index (χ0) is 14.4. The molecule has 2 amide bonds. The van der Waals surface area contributed by atoms with E-state index in [0.717, 1.165) is 0 Å². The standard InChI is InChI=1S/C13H16Cl2N2O2/c1-3-12(19)16-7-8-17(9(2)18)13-10(14)5-4-6-11(13)15/h4-6H,3,7-8H2,1-2H3,(H,16,19). The van der Waals surface area contributed by atoms with E-state index in [1.165, 1.54) is 11.8 Å². The molecule has 0 aliphatic rings. The van der Waals surface area contributed by atoms with Crippen molar-refractivity contribution < 1.29 is 9.59 Å². The number of nitrogens with zero attached hydrogens (tertiary/aromatic N) is 1. The summed E-state index contributed by atoms with van der Waals surface area (Å²) in [5.74, 6) is -0.241. The van der Waals surface area contributed by atoms with Gasteiger partial charge in [0.1, 0.15) is 0 Å². The molecule has 0 aromatic heterocycles. The first-order valence-corrected chi connectivity index (χ1v) is 6.71. The van der Waals surface area contributed by atoms with Crippen molar-refractivity contribution in [1.82, 2.24) is 5.32 Å². The van der Waals surface area contributed by atoms with Crippen LogP contribution in [-0.2, 0) is 9.59 Å². The van der Waals surface area contributed by atoms with Crippen molar-refractivity contribution in [3.05, 3.63) is 28.2 Å². The molecule has 0 heterocycles. The van der Waals surface area contributed by atoms with E-state index in [0.29, 0.717) is 35.2 Å². The average molecular weight is 303 g/mol. The van der Waals surface area contributed by atoms with E-state index >= 15 is 0 Å². The number of carbonyl (C=O) groups is 2. The van der Waals surface area contributed by atoms with Crippen LogP contribution >= 0.6 is 23.2 Å². The van der Waals surface area contributed by atoms with E-state index in [4.69, 9.17) is 23.2 Å². The highest BCUT2D eigenvalue weighted by atomic mass is 35.5. The van der Waals surface area contributed by atoms with Gasteiger partial charge in [0.05, 0.1) is 15.7 Å². The Morgan fingerprint density at radius 2 is 1.84 bits per heavy atom. The Morgan fingerprint density at radius 3 is 2.32 bits per heavy atom. The minimum Gasteiger partial charge on any atom is -0.354 e. The van der Waals surface area contributed by atoms with Crippen LogP contribution in [0.5, 0.6) is 0 Å². The quantitative estimate of drug-likeness (QED) is 0.909. The Hall–Kier alpha value is -1.26. The first-order valence-electron chi connectivity index (χ1n) is 5.96. The van der Waals surface area contributed by atoms with Gasteiger partial charge in [-0.2, -0.15) is 0 Å². The molecule has 1 rings (SSSR count). The number of rotatable bonds is 5. The summed E-state index contributed by atoms with van der Waals surface area (Å²) in [5, 5.41) is 3.52. The maximum Gasteiger partial charge on any atom is 0.224 e. The molecule has 0 aliphatic heterocycles. The molecular formula is C13H16Cl2N2O2. The Kier molecular flexibility index (Phi) is 6.12. The van der Waals surface area contributed by atoms with Gasteiger partial charge in [-0.15, -0.1) is 0 Å². The Bertz CT molecular complexity index is 457. The molecule has 1 aromatic rings. The molecule has 0 saturated heterocycles. The molecule has 4 nitrogen and oxygen atoms in total. The van der Waals surface area contributed by atoms with Crippen LogP contribution in [0.2, 0.25) is 10.0 Å². The predicted octanol–water partition coefficient (Wildman–Crippen LogP) is 2.87. The topological polar surface area (TPSA) is 49.4 Å². The Morgan fingerprint density at radius 1 is 1.26 bits per heavy atom. The summed E-state index contributed by atoms with van der Waals surface area (Å²) < 4.78 is 0. The van der Waals surface area contributed by atoms with Gasteiger partial charge in [-0.3, -0.25) is 9.59 Å². The number of hydrogen-bond acceptors (Lipinski definition) is 2. The summed E-state index contributed by atoms with van der Waals surface area (Å²) in [6.07, 6.45) is 0.410. The summed E-state index contributed by atoms with van der Waals surface area (Å²) in [6.45, 7) is 3.88. The van der Waals surface area contributed by atoms with Gasteiger partial charge in [0.2, 0.25) is 11.8 Å². The fourth-order valence-electron chi connectivity index (χ4n) is 1.61. The summed E-state index contributed by atoms with van der Waals surface area (Å²) in [5.41, 5.74) is 0.476. The van der Waals surface area contributed by atoms with Crippen molar-refractivity contribution in [2.24, 2.45) is 0 Å². The molecule has 104 valence electrons. The molecule has 1 aromatic carbocycles. The van der Waals surface area contributed by atoms with Gasteiger partial charge in [-0.05, 0) is 12.1 Å². The highest BCUT2D eigenvalue weighted by Gasteiger charge is 2.17. The van der Waals surface area contributed by atoms with Gasteiger partial charge in [0.25, 0.3) is 0 Å². The zero-order valence-corrected chi connectivity index (χ0v) is 12.4. The van der Waals surface area contributed by atoms with Crippen molar-refractivity contribution in [2.75, 3.05) is 18.0 Å². The molecular weight excluding hydrogens is 287 g/mol. The van der Waals surface area contributed by atoms with Crippen molar-refractivity contribution in [3.63, 3.8) is 0 Å². The zero-order valence-electron chi connectivity index (χ0n) is 10.9. The monoisotopic (exact) mass is 302 g/mol. The fraction of sp³-hybridized carbons (Fsp3) is 0.385. The van der Waals surface area contributed by atoms with Crippen LogP contribution in [0.3, 0.4) is 0 Å². The third-order valence-corrected chi connectivity index (χ3v) is 3.18. The number of amides is 2. The Labute approximate surface area is 122 Å². The van der Waals surface area contributed by atoms with E-state index in [9.17, 15) is 9.59 Å². The number of hydrogen-bond donors (Lipinski definition) is 1. The fourth-order valence-corrected chi connectivity index (χ4v) is 2.21. The van der Waals surface area contributed by atoms with Gasteiger partial charge in [0, 0.05) is 26.4 Å². The van der Waals surface area contributed by atoms with Crippen molar-refractivity contribution >= 4 is 40.7 Å². The third-order valence-electron chi connectivity index (χ3n) is 2.57. The lowest BCUT2D eigenvalue weighted by molar-refractivity contribution is -0.121. The van der Waals surface area contributed by atoms with E-state index in [1.54, 1.807) is 25.1 Å². The van der Waals surface area contributed by atoms with Crippen LogP contribution in [-0.4, -0.2) is 24.9 Å². The molecule has 0 unspecified atom stereocenters. The van der Waals surface area contributed by atoms with Gasteiger partial charge >= 0.3 is 0 Å². The average Bonchev–Trinajstić information content (AvgIpc) is 2.35. The van der Waals surface area contributed by atoms with Crippen LogP contribution in [0.25, 0.3) is 0 Å². The lowest BCUT2D eigenvalue weighted by Crippen LogP contribution is -2.37. The molecule has 0 fully saturated rings. The van der Waals surface area contributed by atoms with E-state index in [1.807, 2.05) is 0 Å². The van der Waals surface area contributed by atoms with E-state index < -0.39 is 0 Å². The van der Waals surface area contributed by atoms with E-state index in [-0.39, 0.29) is 11.8 Å². The lowest BCUT2D eigenvalue weighted by atomic mass is 10.2. The molecule has 0 radical (unpaired) electrons. The second-order valence-electron chi connectivity index (χ2n) is 3.94. The van der Waals surface area contributed by atoms with Gasteiger partial charge in [-0.25, -0.2) is 0 Å². The molecule has 0 atom stereocenters. The number of anilines is 1. The van der Waals surface area contributed by atoms with Gasteiger partial charge in [-0.1, -0.05) is 36.2 Å². The van der Waals surface area contributed by atoms with Crippen LogP contribution in [0.1, 0.15) is 20.3 Å². The second kappa shape index (κ2) is 7.36. The summed E-state index contributed by atoms with van der Waals surface area (Å²) in [7, 11) is 0. The summed E-state index contributed by atoms with van der Waals surface area (Å²) in [6, 6.07) is 5.05. The van der Waals surface area contributed by atoms with Gasteiger partial charge in [0.15, 0.2) is 0 Å². The highest BCUT2D eigenvalue weighted by Crippen LogP contribution is 2.33. The minimum atomic E-state index is -0.180. The summed E-state index contributed by atoms with van der Waals surface area (Å²) >= 11 is 12.1. The first-order chi connectivity index (χ1) is 8.97. The normalized spacial score (nSPS) is 10.1. The largest absolute Gasteiger partial charge is 0.354 e. The maximum absolute atomic E-state index is 11.7. The van der Waals surface area contributed by atoms with Crippen LogP contribution in [0.15, 0.2) is 18.2 Å². The number of carbonyl (C=O) groups excluding carboxylic acids is 2. The highest BCUT2D eigenvalue weighted by molar-refractivity contribution is 6.39. The molecule has 6 heteroatoms. The third kappa shape index (κ3) is 4.40. The molecule has 1 N–H and O–H groups in total. The van der Waals surface area contributed by atoms with Crippen molar-refractivity contribution in [3.8, 4) is 0 Å². The molecule has 0 saturated carbocycles. The van der Waals surface area contributed by atoms with Crippen LogP contribution in [0.4, 0.5) is 5.69 Å². The second-order valence-corrected chi connectivity index (χ2v) is 4.76. The van der Waals surface area contributed by atoms with Crippen molar-refractivity contribution in [1.29, 1.82) is 0 Å². The lowest BCUT2D eigenvalue weighted by Gasteiger charge is -2.23. The number of para-hydroxylation sites is 1. The smallest absolute Gasteiger partial charge is 0.224 e. The molecule has 19 heavy (non-hydrogen) atoms.